The fraction of sp³-hybridized carbons (Fsp3) is 0.538. The highest BCUT2D eigenvalue weighted by molar-refractivity contribution is 7.13. The van der Waals surface area contributed by atoms with Gasteiger partial charge in [0.2, 0.25) is 11.8 Å². The molecule has 2 rings (SSSR count). The van der Waals surface area contributed by atoms with E-state index in [1.807, 2.05) is 0 Å². The van der Waals surface area contributed by atoms with Crippen LogP contribution in [0.5, 0.6) is 0 Å². The number of nitrogens with one attached hydrogen (secondary N) is 1. The van der Waals surface area contributed by atoms with Crippen molar-refractivity contribution in [2.45, 2.75) is 26.2 Å². The molecule has 0 aliphatic carbocycles. The van der Waals surface area contributed by atoms with Crippen molar-refractivity contribution >= 4 is 34.3 Å². The summed E-state index contributed by atoms with van der Waals surface area (Å²) >= 11 is 1.20. The van der Waals surface area contributed by atoms with Gasteiger partial charge in [-0.2, -0.15) is 0 Å². The van der Waals surface area contributed by atoms with E-state index in [1.54, 1.807) is 10.3 Å². The molecule has 1 atom stereocenters. The SMILES string of the molecule is CC(=O)N1CCCC(C(=O)Nc2nc(CC(=O)O)cs2)C1. The lowest BCUT2D eigenvalue weighted by atomic mass is 9.97. The molecule has 0 radical (unpaired) electrons. The van der Waals surface area contributed by atoms with Crippen LogP contribution in [0.4, 0.5) is 5.13 Å². The lowest BCUT2D eigenvalue weighted by molar-refractivity contribution is -0.136. The smallest absolute Gasteiger partial charge is 0.309 e. The first-order valence-corrected chi connectivity index (χ1v) is 7.56. The van der Waals surface area contributed by atoms with Gasteiger partial charge in [-0.3, -0.25) is 14.4 Å². The highest BCUT2D eigenvalue weighted by Crippen LogP contribution is 2.21. The van der Waals surface area contributed by atoms with Gasteiger partial charge in [0, 0.05) is 25.4 Å². The van der Waals surface area contributed by atoms with Crippen LogP contribution in [0.15, 0.2) is 5.38 Å². The van der Waals surface area contributed by atoms with Crippen LogP contribution < -0.4 is 5.32 Å². The van der Waals surface area contributed by atoms with Crippen LogP contribution >= 0.6 is 11.3 Å². The molecule has 1 saturated heterocycles. The van der Waals surface area contributed by atoms with Crippen molar-refractivity contribution in [3.8, 4) is 0 Å². The molecule has 114 valence electrons. The minimum atomic E-state index is -0.956. The lowest BCUT2D eigenvalue weighted by Gasteiger charge is -2.31. The molecule has 1 aliphatic heterocycles. The lowest BCUT2D eigenvalue weighted by Crippen LogP contribution is -2.42. The molecule has 0 saturated carbocycles. The first-order valence-electron chi connectivity index (χ1n) is 6.68. The van der Waals surface area contributed by atoms with Gasteiger partial charge in [-0.15, -0.1) is 11.3 Å². The number of carboxylic acid groups (broad SMARTS) is 1. The third kappa shape index (κ3) is 4.25. The Morgan fingerprint density at radius 1 is 1.52 bits per heavy atom. The molecule has 1 unspecified atom stereocenters. The zero-order chi connectivity index (χ0) is 15.4. The second-order valence-electron chi connectivity index (χ2n) is 5.01. The minimum Gasteiger partial charge on any atom is -0.481 e. The van der Waals surface area contributed by atoms with Gasteiger partial charge in [-0.05, 0) is 12.8 Å². The van der Waals surface area contributed by atoms with Crippen molar-refractivity contribution in [3.63, 3.8) is 0 Å². The molecule has 1 aromatic rings. The first-order chi connectivity index (χ1) is 9.95. The van der Waals surface area contributed by atoms with Crippen molar-refractivity contribution in [1.82, 2.24) is 9.88 Å². The van der Waals surface area contributed by atoms with E-state index in [0.717, 1.165) is 12.8 Å². The number of aliphatic carboxylic acids is 1. The molecule has 7 nitrogen and oxygen atoms in total. The van der Waals surface area contributed by atoms with E-state index in [1.165, 1.54) is 18.3 Å². The highest BCUT2D eigenvalue weighted by atomic mass is 32.1. The molecule has 8 heteroatoms. The number of carboxylic acids is 1. The van der Waals surface area contributed by atoms with Gasteiger partial charge in [0.05, 0.1) is 18.0 Å². The number of aromatic nitrogens is 1. The molecule has 1 fully saturated rings. The zero-order valence-electron chi connectivity index (χ0n) is 11.7. The Labute approximate surface area is 126 Å². The fourth-order valence-electron chi connectivity index (χ4n) is 2.29. The van der Waals surface area contributed by atoms with Gasteiger partial charge in [0.25, 0.3) is 0 Å². The zero-order valence-corrected chi connectivity index (χ0v) is 12.5. The molecule has 1 aromatic heterocycles. The summed E-state index contributed by atoms with van der Waals surface area (Å²) in [4.78, 5) is 39.9. The summed E-state index contributed by atoms with van der Waals surface area (Å²) in [6, 6.07) is 0. The van der Waals surface area contributed by atoms with Gasteiger partial charge < -0.3 is 15.3 Å². The maximum Gasteiger partial charge on any atom is 0.309 e. The summed E-state index contributed by atoms with van der Waals surface area (Å²) < 4.78 is 0. The average molecular weight is 311 g/mol. The van der Waals surface area contributed by atoms with E-state index < -0.39 is 5.97 Å². The highest BCUT2D eigenvalue weighted by Gasteiger charge is 2.27. The van der Waals surface area contributed by atoms with Gasteiger partial charge >= 0.3 is 5.97 Å². The maximum absolute atomic E-state index is 12.2. The van der Waals surface area contributed by atoms with E-state index in [9.17, 15) is 14.4 Å². The predicted molar refractivity (Wildman–Crippen MR) is 77.1 cm³/mol. The van der Waals surface area contributed by atoms with Gasteiger partial charge in [-0.1, -0.05) is 0 Å². The van der Waals surface area contributed by atoms with E-state index in [-0.39, 0.29) is 24.2 Å². The summed E-state index contributed by atoms with van der Waals surface area (Å²) in [6.45, 7) is 2.62. The van der Waals surface area contributed by atoms with Crippen LogP contribution in [0.25, 0.3) is 0 Å². The Kier molecular flexibility index (Phi) is 4.89. The molecular weight excluding hydrogens is 294 g/mol. The third-order valence-corrected chi connectivity index (χ3v) is 4.16. The third-order valence-electron chi connectivity index (χ3n) is 3.35. The Balaban J connectivity index is 1.93. The maximum atomic E-state index is 12.2. The molecule has 21 heavy (non-hydrogen) atoms. The number of carbonyl (C=O) groups is 3. The topological polar surface area (TPSA) is 99.6 Å². The molecular formula is C13H17N3O4S. The Morgan fingerprint density at radius 3 is 2.95 bits per heavy atom. The second kappa shape index (κ2) is 6.66. The van der Waals surface area contributed by atoms with E-state index in [0.29, 0.717) is 23.9 Å². The van der Waals surface area contributed by atoms with E-state index in [4.69, 9.17) is 5.11 Å². The van der Waals surface area contributed by atoms with E-state index >= 15 is 0 Å². The molecule has 2 N–H and O–H groups in total. The normalized spacial score (nSPS) is 18.3. The number of rotatable bonds is 4. The van der Waals surface area contributed by atoms with Crippen LogP contribution in [-0.4, -0.2) is 45.9 Å². The summed E-state index contributed by atoms with van der Waals surface area (Å²) in [6.07, 6.45) is 1.39. The van der Waals surface area contributed by atoms with Gasteiger partial charge in [0.1, 0.15) is 0 Å². The van der Waals surface area contributed by atoms with Gasteiger partial charge in [0.15, 0.2) is 5.13 Å². The number of piperidine rings is 1. The molecule has 0 bridgehead atoms. The fourth-order valence-corrected chi connectivity index (χ4v) is 3.00. The van der Waals surface area contributed by atoms with Crippen molar-refractivity contribution in [3.05, 3.63) is 11.1 Å². The standard InChI is InChI=1S/C13H17N3O4S/c1-8(17)16-4-2-3-9(6-16)12(20)15-13-14-10(7-21-13)5-11(18)19/h7,9H,2-6H2,1H3,(H,18,19)(H,14,15,20). The number of nitrogens with zero attached hydrogens (tertiary/aromatic N) is 2. The van der Waals surface area contributed by atoms with E-state index in [2.05, 4.69) is 10.3 Å². The molecule has 1 aliphatic rings. The molecule has 0 aromatic carbocycles. The average Bonchev–Trinajstić information content (AvgIpc) is 2.85. The summed E-state index contributed by atoms with van der Waals surface area (Å²) in [5, 5.41) is 13.4. The molecule has 2 heterocycles. The minimum absolute atomic E-state index is 0.0227. The quantitative estimate of drug-likeness (QED) is 0.863. The van der Waals surface area contributed by atoms with Crippen LogP contribution in [0.2, 0.25) is 0 Å². The van der Waals surface area contributed by atoms with Crippen molar-refractivity contribution in [1.29, 1.82) is 0 Å². The number of thiazole rings is 1. The number of anilines is 1. The number of carbonyl (C=O) groups excluding carboxylic acids is 2. The van der Waals surface area contributed by atoms with Crippen LogP contribution in [-0.2, 0) is 20.8 Å². The largest absolute Gasteiger partial charge is 0.481 e. The molecule has 2 amide bonds. The van der Waals surface area contributed by atoms with Crippen molar-refractivity contribution < 1.29 is 19.5 Å². The summed E-state index contributed by atoms with van der Waals surface area (Å²) in [5.41, 5.74) is 0.428. The van der Waals surface area contributed by atoms with Crippen LogP contribution in [0.3, 0.4) is 0 Å². The van der Waals surface area contributed by atoms with Crippen molar-refractivity contribution in [2.75, 3.05) is 18.4 Å². The number of amides is 2. The van der Waals surface area contributed by atoms with Gasteiger partial charge in [-0.25, -0.2) is 4.98 Å². The Bertz CT molecular complexity index is 557. The molecule has 0 spiro atoms. The Morgan fingerprint density at radius 2 is 2.29 bits per heavy atom. The summed E-state index contributed by atoms with van der Waals surface area (Å²) in [5.74, 6) is -1.39. The number of hydrogen-bond donors (Lipinski definition) is 2. The second-order valence-corrected chi connectivity index (χ2v) is 5.87. The predicted octanol–water partition coefficient (Wildman–Crippen LogP) is 0.967. The monoisotopic (exact) mass is 311 g/mol. The number of hydrogen-bond acceptors (Lipinski definition) is 5. The van der Waals surface area contributed by atoms with Crippen LogP contribution in [0, 0.1) is 5.92 Å². The van der Waals surface area contributed by atoms with Crippen molar-refractivity contribution in [2.24, 2.45) is 5.92 Å². The van der Waals surface area contributed by atoms with Crippen LogP contribution in [0.1, 0.15) is 25.5 Å². The number of likely N-dealkylation sites (tertiary alicyclic amines) is 1. The Hall–Kier alpha value is -1.96. The summed E-state index contributed by atoms with van der Waals surface area (Å²) in [7, 11) is 0. The first kappa shape index (κ1) is 15.4.